The van der Waals surface area contributed by atoms with Gasteiger partial charge in [-0.05, 0) is 75.9 Å². The monoisotopic (exact) mass is 465 g/mol. The second kappa shape index (κ2) is 9.54. The van der Waals surface area contributed by atoms with Crippen molar-refractivity contribution in [3.05, 3.63) is 70.3 Å². The van der Waals surface area contributed by atoms with E-state index in [2.05, 4.69) is 64.4 Å². The Morgan fingerprint density at radius 2 is 1.97 bits per heavy atom. The van der Waals surface area contributed by atoms with Crippen molar-refractivity contribution in [1.82, 2.24) is 20.1 Å². The number of aromatic nitrogens is 3. The van der Waals surface area contributed by atoms with Crippen LogP contribution in [0.2, 0.25) is 0 Å². The zero-order valence-electron chi connectivity index (χ0n) is 20.2. The molecule has 1 fully saturated rings. The fraction of sp³-hybridized carbons (Fsp3) is 0.423. The van der Waals surface area contributed by atoms with E-state index >= 15 is 0 Å². The molecular weight excluding hydrogens is 433 g/mol. The van der Waals surface area contributed by atoms with Gasteiger partial charge < -0.3 is 10.4 Å². The van der Waals surface area contributed by atoms with Gasteiger partial charge in [-0.15, -0.1) is 0 Å². The Morgan fingerprint density at radius 1 is 1.24 bits per heavy atom. The van der Waals surface area contributed by atoms with Gasteiger partial charge in [-0.3, -0.25) is 14.8 Å². The average Bonchev–Trinajstić information content (AvgIpc) is 3.19. The van der Waals surface area contributed by atoms with Crippen LogP contribution in [0.4, 0.5) is 16.0 Å². The number of pyridine rings is 1. The number of anilines is 2. The van der Waals surface area contributed by atoms with Gasteiger partial charge in [0.15, 0.2) is 5.82 Å². The zero-order chi connectivity index (χ0) is 24.5. The predicted molar refractivity (Wildman–Crippen MR) is 130 cm³/mol. The van der Waals surface area contributed by atoms with E-state index in [9.17, 15) is 14.3 Å². The molecule has 7 nitrogen and oxygen atoms in total. The minimum absolute atomic E-state index is 0.0419. The average molecular weight is 466 g/mol. The van der Waals surface area contributed by atoms with Gasteiger partial charge in [0.05, 0.1) is 11.1 Å². The highest BCUT2D eigenvalue weighted by atomic mass is 19.1. The molecule has 1 saturated heterocycles. The molecule has 1 aliphatic heterocycles. The largest absolute Gasteiger partial charge is 0.481 e. The summed E-state index contributed by atoms with van der Waals surface area (Å²) in [4.78, 5) is 19.2. The lowest BCUT2D eigenvalue weighted by Crippen LogP contribution is -2.50. The molecule has 1 aliphatic rings. The maximum absolute atomic E-state index is 14.7. The molecule has 0 aliphatic carbocycles. The van der Waals surface area contributed by atoms with Crippen LogP contribution in [0.3, 0.4) is 0 Å². The zero-order valence-corrected chi connectivity index (χ0v) is 20.2. The fourth-order valence-corrected chi connectivity index (χ4v) is 4.95. The van der Waals surface area contributed by atoms with Crippen LogP contribution in [0.5, 0.6) is 0 Å². The van der Waals surface area contributed by atoms with Crippen molar-refractivity contribution in [2.45, 2.75) is 59.5 Å². The lowest BCUT2D eigenvalue weighted by Gasteiger charge is -2.43. The van der Waals surface area contributed by atoms with E-state index in [0.29, 0.717) is 31.0 Å². The molecule has 180 valence electrons. The molecule has 34 heavy (non-hydrogen) atoms. The number of nitrogens with zero attached hydrogens (tertiary/aromatic N) is 3. The smallest absolute Gasteiger partial charge is 0.310 e. The lowest BCUT2D eigenvalue weighted by atomic mass is 9.72. The van der Waals surface area contributed by atoms with Gasteiger partial charge >= 0.3 is 5.97 Å². The molecule has 2 atom stereocenters. The molecule has 3 N–H and O–H groups in total. The van der Waals surface area contributed by atoms with E-state index in [0.717, 1.165) is 12.2 Å². The van der Waals surface area contributed by atoms with Crippen molar-refractivity contribution in [3.63, 3.8) is 0 Å². The van der Waals surface area contributed by atoms with Crippen LogP contribution >= 0.6 is 0 Å². The summed E-state index contributed by atoms with van der Waals surface area (Å²) in [6.45, 7) is 9.58. The van der Waals surface area contributed by atoms with Crippen molar-refractivity contribution in [2.75, 3.05) is 11.9 Å². The number of carboxylic acids is 1. The van der Waals surface area contributed by atoms with E-state index < -0.39 is 17.2 Å². The minimum Gasteiger partial charge on any atom is -0.481 e. The van der Waals surface area contributed by atoms with E-state index in [4.69, 9.17) is 0 Å². The Hall–Kier alpha value is -3.26. The number of benzene rings is 1. The molecule has 0 spiro atoms. The van der Waals surface area contributed by atoms with Crippen molar-refractivity contribution in [2.24, 2.45) is 5.41 Å². The summed E-state index contributed by atoms with van der Waals surface area (Å²) in [6, 6.07) is 11.0. The normalized spacial score (nSPS) is 20.9. The molecule has 1 aromatic carbocycles. The third kappa shape index (κ3) is 4.97. The molecule has 3 aromatic rings. The highest BCUT2D eigenvalue weighted by Gasteiger charge is 2.45. The van der Waals surface area contributed by atoms with E-state index in [-0.39, 0.29) is 18.2 Å². The number of piperidine rings is 1. The number of halogens is 1. The Balaban J connectivity index is 1.52. The standard InChI is InChI=1S/C26H32FN5O2/c1-16-6-5-7-17(2)20(16)15-32-11-10-26(25(33)34,13-19(32)4)14-22-21(27)8-9-23(28-22)29-24-12-18(3)30-31-24/h5-9,12,19H,10-11,13-15H2,1-4H3,(H,33,34)(H2,28,29,30,31)/t19-,26-/m1/s1. The molecule has 3 heterocycles. The van der Waals surface area contributed by atoms with Crippen molar-refractivity contribution in [1.29, 1.82) is 0 Å². The molecular formula is C26H32FN5O2. The first-order valence-corrected chi connectivity index (χ1v) is 11.6. The quantitative estimate of drug-likeness (QED) is 0.459. The second-order valence-electron chi connectivity index (χ2n) is 9.59. The number of likely N-dealkylation sites (tertiary alicyclic amines) is 1. The highest BCUT2D eigenvalue weighted by Crippen LogP contribution is 2.39. The van der Waals surface area contributed by atoms with Crippen LogP contribution in [0, 0.1) is 32.0 Å². The molecule has 4 rings (SSSR count). The minimum atomic E-state index is -1.06. The number of carbonyl (C=O) groups is 1. The number of hydrogen-bond donors (Lipinski definition) is 3. The molecule has 0 unspecified atom stereocenters. The summed E-state index contributed by atoms with van der Waals surface area (Å²) in [6.07, 6.45) is 0.921. The summed E-state index contributed by atoms with van der Waals surface area (Å²) >= 11 is 0. The number of H-pyrrole nitrogens is 1. The maximum Gasteiger partial charge on any atom is 0.310 e. The van der Waals surface area contributed by atoms with Crippen molar-refractivity contribution in [3.8, 4) is 0 Å². The van der Waals surface area contributed by atoms with Crippen LogP contribution in [0.25, 0.3) is 0 Å². The van der Waals surface area contributed by atoms with Crippen LogP contribution in [-0.4, -0.2) is 43.7 Å². The summed E-state index contributed by atoms with van der Waals surface area (Å²) < 4.78 is 14.7. The van der Waals surface area contributed by atoms with Gasteiger partial charge in [0.25, 0.3) is 0 Å². The maximum atomic E-state index is 14.7. The van der Waals surface area contributed by atoms with Crippen LogP contribution < -0.4 is 5.32 Å². The third-order valence-electron chi connectivity index (χ3n) is 7.03. The number of carboxylic acid groups (broad SMARTS) is 1. The highest BCUT2D eigenvalue weighted by molar-refractivity contribution is 5.75. The molecule has 0 saturated carbocycles. The number of aliphatic carboxylic acids is 1. The molecule has 0 radical (unpaired) electrons. The topological polar surface area (TPSA) is 94.1 Å². The first-order chi connectivity index (χ1) is 16.2. The summed E-state index contributed by atoms with van der Waals surface area (Å²) in [5.74, 6) is -0.378. The van der Waals surface area contributed by atoms with Gasteiger partial charge in [-0.25, -0.2) is 9.37 Å². The van der Waals surface area contributed by atoms with Crippen LogP contribution in [0.1, 0.15) is 47.8 Å². The van der Waals surface area contributed by atoms with E-state index in [1.165, 1.54) is 28.8 Å². The van der Waals surface area contributed by atoms with E-state index in [1.807, 2.05) is 13.0 Å². The van der Waals surface area contributed by atoms with E-state index in [1.54, 1.807) is 0 Å². The van der Waals surface area contributed by atoms with Gasteiger partial charge in [0.1, 0.15) is 11.6 Å². The fourth-order valence-electron chi connectivity index (χ4n) is 4.95. The SMILES string of the molecule is Cc1cc(Nc2ccc(F)c(C[C@@]3(C(=O)O)CCN(Cc4c(C)cccc4C)[C@H](C)C3)n2)n[nH]1. The Bertz CT molecular complexity index is 1170. The van der Waals surface area contributed by atoms with Gasteiger partial charge in [0, 0.05) is 30.8 Å². The Morgan fingerprint density at radius 3 is 2.59 bits per heavy atom. The first kappa shape index (κ1) is 23.9. The Kier molecular flexibility index (Phi) is 6.70. The lowest BCUT2D eigenvalue weighted by molar-refractivity contribution is -0.153. The first-order valence-electron chi connectivity index (χ1n) is 11.6. The number of rotatable bonds is 7. The van der Waals surface area contributed by atoms with Gasteiger partial charge in [0.2, 0.25) is 0 Å². The number of hydrogen-bond acceptors (Lipinski definition) is 5. The number of aryl methyl sites for hydroxylation is 3. The molecule has 2 aromatic heterocycles. The predicted octanol–water partition coefficient (Wildman–Crippen LogP) is 4.91. The van der Waals surface area contributed by atoms with Gasteiger partial charge in [-0.2, -0.15) is 5.10 Å². The summed E-state index contributed by atoms with van der Waals surface area (Å²) in [5.41, 5.74) is 3.75. The van der Waals surface area contributed by atoms with Crippen LogP contribution in [0.15, 0.2) is 36.4 Å². The molecule has 0 amide bonds. The second-order valence-corrected chi connectivity index (χ2v) is 9.59. The summed E-state index contributed by atoms with van der Waals surface area (Å²) in [5, 5.41) is 20.2. The van der Waals surface area contributed by atoms with Crippen LogP contribution in [-0.2, 0) is 17.8 Å². The molecule has 0 bridgehead atoms. The number of nitrogens with one attached hydrogen (secondary N) is 2. The Labute approximate surface area is 199 Å². The van der Waals surface area contributed by atoms with Crippen molar-refractivity contribution >= 4 is 17.6 Å². The molecule has 8 heteroatoms. The third-order valence-corrected chi connectivity index (χ3v) is 7.03. The van der Waals surface area contributed by atoms with Crippen molar-refractivity contribution < 1.29 is 14.3 Å². The summed E-state index contributed by atoms with van der Waals surface area (Å²) in [7, 11) is 0. The van der Waals surface area contributed by atoms with Gasteiger partial charge in [-0.1, -0.05) is 18.2 Å². The number of aromatic amines is 1.